The van der Waals surface area contributed by atoms with E-state index in [0.29, 0.717) is 5.92 Å². The van der Waals surface area contributed by atoms with Crippen molar-refractivity contribution in [3.05, 3.63) is 17.3 Å². The van der Waals surface area contributed by atoms with Crippen molar-refractivity contribution in [1.82, 2.24) is 9.97 Å². The molecule has 1 saturated heterocycles. The third kappa shape index (κ3) is 1.40. The third-order valence-electron chi connectivity index (χ3n) is 4.08. The maximum Gasteiger partial charge on any atom is 0.150 e. The Bertz CT molecular complexity index is 614. The molecule has 0 unspecified atom stereocenters. The third-order valence-corrected chi connectivity index (χ3v) is 5.16. The summed E-state index contributed by atoms with van der Waals surface area (Å²) in [5.41, 5.74) is 1.80. The van der Waals surface area contributed by atoms with Gasteiger partial charge in [0.05, 0.1) is 23.3 Å². The van der Waals surface area contributed by atoms with Gasteiger partial charge in [-0.3, -0.25) is 0 Å². The lowest BCUT2D eigenvalue weighted by Crippen LogP contribution is -2.63. The van der Waals surface area contributed by atoms with Crippen LogP contribution in [0.25, 0.3) is 10.2 Å². The molecule has 1 aliphatic carbocycles. The lowest BCUT2D eigenvalue weighted by molar-refractivity contribution is -0.00956. The molecule has 94 valence electrons. The number of thiophene rings is 1. The molecular weight excluding hydrogens is 246 g/mol. The van der Waals surface area contributed by atoms with Gasteiger partial charge in [-0.1, -0.05) is 0 Å². The zero-order chi connectivity index (χ0) is 12.3. The van der Waals surface area contributed by atoms with Gasteiger partial charge in [-0.15, -0.1) is 11.3 Å². The second kappa shape index (κ2) is 3.42. The second-order valence-electron chi connectivity index (χ2n) is 5.53. The fraction of sp³-hybridized carbons (Fsp3) is 0.538. The van der Waals surface area contributed by atoms with Gasteiger partial charge < -0.3 is 10.0 Å². The molecule has 1 saturated carbocycles. The Morgan fingerprint density at radius 3 is 2.89 bits per heavy atom. The Morgan fingerprint density at radius 1 is 1.39 bits per heavy atom. The van der Waals surface area contributed by atoms with Crippen LogP contribution in [-0.2, 0) is 0 Å². The molecule has 3 heterocycles. The minimum atomic E-state index is -0.455. The van der Waals surface area contributed by atoms with Gasteiger partial charge in [0.1, 0.15) is 17.7 Å². The van der Waals surface area contributed by atoms with E-state index in [-0.39, 0.29) is 0 Å². The number of anilines is 1. The smallest absolute Gasteiger partial charge is 0.150 e. The maximum atomic E-state index is 10.4. The molecule has 0 atom stereocenters. The van der Waals surface area contributed by atoms with Gasteiger partial charge in [0.25, 0.3) is 0 Å². The number of aromatic nitrogens is 2. The maximum absolute atomic E-state index is 10.4. The van der Waals surface area contributed by atoms with Crippen LogP contribution in [0, 0.1) is 12.8 Å². The summed E-state index contributed by atoms with van der Waals surface area (Å²) >= 11 is 1.69. The minimum Gasteiger partial charge on any atom is -0.386 e. The normalized spacial score (nSPS) is 22.2. The predicted octanol–water partition coefficient (Wildman–Crippen LogP) is 1.96. The monoisotopic (exact) mass is 261 g/mol. The van der Waals surface area contributed by atoms with Crippen LogP contribution in [0.5, 0.6) is 0 Å². The van der Waals surface area contributed by atoms with Gasteiger partial charge in [0.2, 0.25) is 0 Å². The zero-order valence-electron chi connectivity index (χ0n) is 10.3. The number of aliphatic hydroxyl groups is 1. The van der Waals surface area contributed by atoms with E-state index in [1.807, 2.05) is 0 Å². The summed E-state index contributed by atoms with van der Waals surface area (Å²) in [4.78, 5) is 10.9. The van der Waals surface area contributed by atoms with Crippen molar-refractivity contribution >= 4 is 27.4 Å². The van der Waals surface area contributed by atoms with E-state index in [4.69, 9.17) is 0 Å². The average molecular weight is 261 g/mol. The van der Waals surface area contributed by atoms with Crippen LogP contribution in [0.2, 0.25) is 0 Å². The van der Waals surface area contributed by atoms with E-state index in [9.17, 15) is 5.11 Å². The van der Waals surface area contributed by atoms with Crippen molar-refractivity contribution < 1.29 is 5.11 Å². The van der Waals surface area contributed by atoms with Crippen LogP contribution in [0.15, 0.2) is 11.7 Å². The molecule has 5 heteroatoms. The number of hydrogen-bond acceptors (Lipinski definition) is 5. The van der Waals surface area contributed by atoms with Crippen molar-refractivity contribution in [3.8, 4) is 0 Å². The fourth-order valence-electron chi connectivity index (χ4n) is 2.83. The van der Waals surface area contributed by atoms with Gasteiger partial charge in [0, 0.05) is 0 Å². The highest BCUT2D eigenvalue weighted by atomic mass is 32.1. The van der Waals surface area contributed by atoms with E-state index in [2.05, 4.69) is 27.2 Å². The fourth-order valence-corrected chi connectivity index (χ4v) is 3.84. The first kappa shape index (κ1) is 10.7. The number of nitrogens with zero attached hydrogens (tertiary/aromatic N) is 3. The Labute approximate surface area is 109 Å². The summed E-state index contributed by atoms with van der Waals surface area (Å²) in [6.45, 7) is 3.52. The molecule has 2 aromatic rings. The minimum absolute atomic E-state index is 0.455. The quantitative estimate of drug-likeness (QED) is 0.898. The molecule has 0 aromatic carbocycles. The van der Waals surface area contributed by atoms with E-state index in [1.54, 1.807) is 17.7 Å². The SMILES string of the molecule is Cc1csc2c(N3CC(O)(C4CC4)C3)ncnc12. The van der Waals surface area contributed by atoms with E-state index in [0.717, 1.165) is 29.1 Å². The first-order valence-corrected chi connectivity index (χ1v) is 7.21. The van der Waals surface area contributed by atoms with Crippen LogP contribution in [0.3, 0.4) is 0 Å². The van der Waals surface area contributed by atoms with E-state index < -0.39 is 5.60 Å². The van der Waals surface area contributed by atoms with Gasteiger partial charge in [-0.25, -0.2) is 9.97 Å². The molecule has 2 aliphatic rings. The van der Waals surface area contributed by atoms with E-state index >= 15 is 0 Å². The van der Waals surface area contributed by atoms with Gasteiger partial charge in [0.15, 0.2) is 0 Å². The van der Waals surface area contributed by atoms with Crippen LogP contribution >= 0.6 is 11.3 Å². The summed E-state index contributed by atoms with van der Waals surface area (Å²) in [5, 5.41) is 12.5. The van der Waals surface area contributed by atoms with Crippen LogP contribution in [0.4, 0.5) is 5.82 Å². The molecule has 0 amide bonds. The molecular formula is C13H15N3OS. The molecule has 2 fully saturated rings. The van der Waals surface area contributed by atoms with Gasteiger partial charge in [-0.05, 0) is 36.6 Å². The average Bonchev–Trinajstić information content (AvgIpc) is 3.11. The number of β-amino-alcohol motifs (C(OH)–C–C–N with tert-alkyl or cyclic N) is 1. The summed E-state index contributed by atoms with van der Waals surface area (Å²) < 4.78 is 1.15. The molecule has 0 bridgehead atoms. The molecule has 1 N–H and O–H groups in total. The number of fused-ring (bicyclic) bond motifs is 1. The predicted molar refractivity (Wildman–Crippen MR) is 72.0 cm³/mol. The largest absolute Gasteiger partial charge is 0.386 e. The van der Waals surface area contributed by atoms with Crippen LogP contribution < -0.4 is 4.90 Å². The molecule has 2 aromatic heterocycles. The molecule has 0 radical (unpaired) electrons. The Balaban J connectivity index is 1.68. The highest BCUT2D eigenvalue weighted by molar-refractivity contribution is 7.18. The van der Waals surface area contributed by atoms with Crippen molar-refractivity contribution in [2.24, 2.45) is 5.92 Å². The van der Waals surface area contributed by atoms with Crippen molar-refractivity contribution in [2.75, 3.05) is 18.0 Å². The number of hydrogen-bond donors (Lipinski definition) is 1. The van der Waals surface area contributed by atoms with Gasteiger partial charge in [-0.2, -0.15) is 0 Å². The van der Waals surface area contributed by atoms with Crippen LogP contribution in [-0.4, -0.2) is 33.8 Å². The lowest BCUT2D eigenvalue weighted by Gasteiger charge is -2.47. The summed E-state index contributed by atoms with van der Waals surface area (Å²) in [6, 6.07) is 0. The molecule has 1 aliphatic heterocycles. The molecule has 0 spiro atoms. The Kier molecular flexibility index (Phi) is 2.03. The van der Waals surface area contributed by atoms with Crippen molar-refractivity contribution in [1.29, 1.82) is 0 Å². The highest BCUT2D eigenvalue weighted by Crippen LogP contribution is 2.46. The van der Waals surface area contributed by atoms with Gasteiger partial charge >= 0.3 is 0 Å². The van der Waals surface area contributed by atoms with Crippen molar-refractivity contribution in [3.63, 3.8) is 0 Å². The summed E-state index contributed by atoms with van der Waals surface area (Å²) in [7, 11) is 0. The Morgan fingerprint density at radius 2 is 2.17 bits per heavy atom. The summed E-state index contributed by atoms with van der Waals surface area (Å²) in [6.07, 6.45) is 4.00. The zero-order valence-corrected chi connectivity index (χ0v) is 11.1. The summed E-state index contributed by atoms with van der Waals surface area (Å²) in [5.74, 6) is 1.51. The second-order valence-corrected chi connectivity index (χ2v) is 6.41. The van der Waals surface area contributed by atoms with E-state index in [1.165, 1.54) is 18.4 Å². The Hall–Kier alpha value is -1.20. The van der Waals surface area contributed by atoms with Crippen LogP contribution in [0.1, 0.15) is 18.4 Å². The molecule has 18 heavy (non-hydrogen) atoms. The first-order chi connectivity index (χ1) is 8.67. The standard InChI is InChI=1S/C13H15N3OS/c1-8-4-18-11-10(8)14-7-15-12(11)16-5-13(17,6-16)9-2-3-9/h4,7,9,17H,2-3,5-6H2,1H3. The first-order valence-electron chi connectivity index (χ1n) is 6.33. The topological polar surface area (TPSA) is 49.2 Å². The number of aryl methyl sites for hydroxylation is 1. The number of rotatable bonds is 2. The van der Waals surface area contributed by atoms with Crippen molar-refractivity contribution in [2.45, 2.75) is 25.4 Å². The lowest BCUT2D eigenvalue weighted by atomic mass is 9.89. The molecule has 4 nitrogen and oxygen atoms in total. The molecule has 4 rings (SSSR count). The highest BCUT2D eigenvalue weighted by Gasteiger charge is 2.52.